The summed E-state index contributed by atoms with van der Waals surface area (Å²) in [4.78, 5) is 31.0. The van der Waals surface area contributed by atoms with Crippen LogP contribution in [0.15, 0.2) is 78.9 Å². The van der Waals surface area contributed by atoms with Gasteiger partial charge in [-0.3, -0.25) is 14.6 Å². The van der Waals surface area contributed by atoms with Gasteiger partial charge in [0.15, 0.2) is 6.29 Å². The first-order valence-electron chi connectivity index (χ1n) is 14.6. The number of ether oxygens (including phenoxy) is 2. The van der Waals surface area contributed by atoms with Crippen LogP contribution < -0.4 is 4.90 Å². The number of nitrogens with zero attached hydrogens (tertiary/aromatic N) is 3. The normalized spacial score (nSPS) is 16.8. The molecule has 1 N–H and O–H groups in total. The van der Waals surface area contributed by atoms with Gasteiger partial charge >= 0.3 is 6.09 Å². The molecule has 8 heteroatoms. The Morgan fingerprint density at radius 3 is 2.17 bits per heavy atom. The average Bonchev–Trinajstić information content (AvgIpc) is 3.00. The molecule has 0 atom stereocenters. The van der Waals surface area contributed by atoms with Crippen molar-refractivity contribution in [3.63, 3.8) is 0 Å². The first kappa shape index (κ1) is 29.8. The molecule has 1 saturated heterocycles. The number of anilines is 1. The van der Waals surface area contributed by atoms with Gasteiger partial charge in [0.25, 0.3) is 5.91 Å². The van der Waals surface area contributed by atoms with Crippen molar-refractivity contribution in [2.45, 2.75) is 44.6 Å². The van der Waals surface area contributed by atoms with E-state index >= 15 is 0 Å². The lowest BCUT2D eigenvalue weighted by Crippen LogP contribution is -2.56. The highest BCUT2D eigenvalue weighted by molar-refractivity contribution is 5.94. The Bertz CT molecular complexity index is 1340. The molecule has 2 aliphatic rings. The van der Waals surface area contributed by atoms with Crippen molar-refractivity contribution in [2.75, 3.05) is 45.8 Å². The predicted molar refractivity (Wildman–Crippen MR) is 164 cm³/mol. The van der Waals surface area contributed by atoms with Gasteiger partial charge in [-0.05, 0) is 73.5 Å². The van der Waals surface area contributed by atoms with Gasteiger partial charge in [0.1, 0.15) is 0 Å². The molecule has 3 aromatic carbocycles. The number of carbonyl (C=O) groups is 2. The van der Waals surface area contributed by atoms with E-state index in [2.05, 4.69) is 4.90 Å². The SMILES string of the molecule is COC(CN(C)C(=O)c1ccc(CN2CCC3(CC2)CC(N(C(=O)O)c2ccccc2-c2ccccc2)C3)cc1)OC. The van der Waals surface area contributed by atoms with E-state index in [9.17, 15) is 14.7 Å². The smallest absolute Gasteiger partial charge is 0.412 e. The maximum atomic E-state index is 12.8. The molecule has 3 aromatic rings. The fraction of sp³-hybridized carbons (Fsp3) is 0.412. The number of amides is 2. The van der Waals surface area contributed by atoms with E-state index in [1.165, 1.54) is 5.56 Å². The molecular formula is C34H41N3O5. The van der Waals surface area contributed by atoms with Crippen molar-refractivity contribution >= 4 is 17.7 Å². The van der Waals surface area contributed by atoms with Gasteiger partial charge < -0.3 is 19.5 Å². The van der Waals surface area contributed by atoms with E-state index in [-0.39, 0.29) is 17.4 Å². The van der Waals surface area contributed by atoms with Gasteiger partial charge in [-0.25, -0.2) is 4.79 Å². The molecule has 2 fully saturated rings. The number of benzene rings is 3. The van der Waals surface area contributed by atoms with Gasteiger partial charge in [-0.15, -0.1) is 0 Å². The van der Waals surface area contributed by atoms with Crippen LogP contribution in [0.1, 0.15) is 41.6 Å². The Labute approximate surface area is 248 Å². The van der Waals surface area contributed by atoms with Gasteiger partial charge in [0.2, 0.25) is 0 Å². The van der Waals surface area contributed by atoms with Crippen molar-refractivity contribution < 1.29 is 24.2 Å². The number of likely N-dealkylation sites (tertiary alicyclic amines) is 1. The van der Waals surface area contributed by atoms with Crippen LogP contribution >= 0.6 is 0 Å². The number of likely N-dealkylation sites (N-methyl/N-ethyl adjacent to an activating group) is 1. The second kappa shape index (κ2) is 13.1. The van der Waals surface area contributed by atoms with Crippen LogP contribution in [0.2, 0.25) is 0 Å². The summed E-state index contributed by atoms with van der Waals surface area (Å²) in [5, 5.41) is 10.3. The molecule has 8 nitrogen and oxygen atoms in total. The molecule has 1 spiro atoms. The lowest BCUT2D eigenvalue weighted by Gasteiger charge is -2.54. The highest BCUT2D eigenvalue weighted by Gasteiger charge is 2.49. The number of piperidine rings is 1. The molecule has 1 saturated carbocycles. The van der Waals surface area contributed by atoms with Crippen molar-refractivity contribution in [2.24, 2.45) is 5.41 Å². The lowest BCUT2D eigenvalue weighted by molar-refractivity contribution is -0.110. The highest BCUT2D eigenvalue weighted by Crippen LogP contribution is 2.52. The van der Waals surface area contributed by atoms with E-state index < -0.39 is 12.4 Å². The average molecular weight is 572 g/mol. The van der Waals surface area contributed by atoms with E-state index in [0.29, 0.717) is 12.1 Å². The van der Waals surface area contributed by atoms with Crippen LogP contribution in [0.4, 0.5) is 10.5 Å². The summed E-state index contributed by atoms with van der Waals surface area (Å²) in [5.41, 5.74) is 4.76. The zero-order valence-corrected chi connectivity index (χ0v) is 24.7. The van der Waals surface area contributed by atoms with Crippen molar-refractivity contribution in [1.29, 1.82) is 0 Å². The molecule has 0 aromatic heterocycles. The molecule has 0 radical (unpaired) electrons. The van der Waals surface area contributed by atoms with E-state index in [1.807, 2.05) is 78.9 Å². The molecule has 222 valence electrons. The van der Waals surface area contributed by atoms with Crippen molar-refractivity contribution in [1.82, 2.24) is 9.80 Å². The van der Waals surface area contributed by atoms with Crippen LogP contribution in [0.25, 0.3) is 11.1 Å². The number of hydrogen-bond acceptors (Lipinski definition) is 5. The summed E-state index contributed by atoms with van der Waals surface area (Å²) in [7, 11) is 4.86. The Morgan fingerprint density at radius 1 is 0.929 bits per heavy atom. The minimum absolute atomic E-state index is 0.00909. The molecule has 1 aliphatic carbocycles. The van der Waals surface area contributed by atoms with Crippen LogP contribution in [0.3, 0.4) is 0 Å². The van der Waals surface area contributed by atoms with E-state index in [4.69, 9.17) is 9.47 Å². The predicted octanol–water partition coefficient (Wildman–Crippen LogP) is 5.97. The van der Waals surface area contributed by atoms with E-state index in [1.54, 1.807) is 31.1 Å². The van der Waals surface area contributed by atoms with Gasteiger partial charge in [0.05, 0.1) is 12.2 Å². The van der Waals surface area contributed by atoms with Gasteiger partial charge in [0, 0.05) is 45.0 Å². The van der Waals surface area contributed by atoms with Gasteiger partial charge in [-0.1, -0.05) is 60.7 Å². The maximum absolute atomic E-state index is 12.8. The maximum Gasteiger partial charge on any atom is 0.412 e. The summed E-state index contributed by atoms with van der Waals surface area (Å²) in [6.45, 7) is 3.16. The van der Waals surface area contributed by atoms with Crippen LogP contribution in [-0.2, 0) is 16.0 Å². The first-order chi connectivity index (χ1) is 20.3. The molecule has 2 amide bonds. The largest absolute Gasteiger partial charge is 0.465 e. The molecule has 0 bridgehead atoms. The minimum atomic E-state index is -0.888. The number of carboxylic acid groups (broad SMARTS) is 1. The number of rotatable bonds is 10. The fourth-order valence-corrected chi connectivity index (χ4v) is 6.50. The summed E-state index contributed by atoms with van der Waals surface area (Å²) in [6.07, 6.45) is 2.59. The highest BCUT2D eigenvalue weighted by atomic mass is 16.7. The first-order valence-corrected chi connectivity index (χ1v) is 14.6. The Morgan fingerprint density at radius 2 is 1.55 bits per heavy atom. The minimum Gasteiger partial charge on any atom is -0.465 e. The molecule has 5 rings (SSSR count). The van der Waals surface area contributed by atoms with Crippen LogP contribution in [0.5, 0.6) is 0 Å². The van der Waals surface area contributed by atoms with Crippen molar-refractivity contribution in [3.8, 4) is 11.1 Å². The summed E-state index contributed by atoms with van der Waals surface area (Å²) < 4.78 is 10.4. The fourth-order valence-electron chi connectivity index (χ4n) is 6.50. The second-order valence-corrected chi connectivity index (χ2v) is 11.7. The quantitative estimate of drug-likeness (QED) is 0.302. The van der Waals surface area contributed by atoms with Crippen LogP contribution in [-0.4, -0.2) is 80.1 Å². The lowest BCUT2D eigenvalue weighted by atomic mass is 9.60. The Balaban J connectivity index is 1.15. The molecule has 1 aliphatic heterocycles. The zero-order chi connectivity index (χ0) is 29.7. The third-order valence-electron chi connectivity index (χ3n) is 8.98. The summed E-state index contributed by atoms with van der Waals surface area (Å²) >= 11 is 0. The molecular weight excluding hydrogens is 530 g/mol. The summed E-state index contributed by atoms with van der Waals surface area (Å²) in [6, 6.07) is 25.6. The topological polar surface area (TPSA) is 82.6 Å². The molecule has 0 unspecified atom stereocenters. The number of carbonyl (C=O) groups excluding carboxylic acids is 1. The summed E-state index contributed by atoms with van der Waals surface area (Å²) in [5.74, 6) is -0.0677. The monoisotopic (exact) mass is 571 g/mol. The third kappa shape index (κ3) is 6.51. The standard InChI is InChI=1S/C34H41N3O5/c1-35(24-31(41-2)42-3)32(38)27-15-13-25(14-16-27)23-36-19-17-34(18-20-36)21-28(22-34)37(33(39)40)30-12-8-7-11-29(30)26-9-5-4-6-10-26/h4-16,28,31H,17-24H2,1-3H3,(H,39,40). The number of para-hydroxylation sites is 1. The molecule has 42 heavy (non-hydrogen) atoms. The number of hydrogen-bond donors (Lipinski definition) is 1. The third-order valence-corrected chi connectivity index (χ3v) is 8.98. The van der Waals surface area contributed by atoms with Crippen LogP contribution in [0, 0.1) is 5.41 Å². The second-order valence-electron chi connectivity index (χ2n) is 11.7. The van der Waals surface area contributed by atoms with Gasteiger partial charge in [-0.2, -0.15) is 0 Å². The Kier molecular flexibility index (Phi) is 9.26. The zero-order valence-electron chi connectivity index (χ0n) is 24.7. The number of methoxy groups -OCH3 is 2. The van der Waals surface area contributed by atoms with Crippen molar-refractivity contribution in [3.05, 3.63) is 90.0 Å². The van der Waals surface area contributed by atoms with E-state index in [0.717, 1.165) is 62.1 Å². The Hall–Kier alpha value is -3.72. The molecule has 1 heterocycles.